The third kappa shape index (κ3) is 5.00. The van der Waals surface area contributed by atoms with Gasteiger partial charge in [0.2, 0.25) is 0 Å². The van der Waals surface area contributed by atoms with Crippen molar-refractivity contribution in [3.8, 4) is 5.75 Å². The van der Waals surface area contributed by atoms with Gasteiger partial charge in [0.05, 0.1) is 20.2 Å². The molecular weight excluding hydrogens is 278 g/mol. The molecule has 0 unspecified atom stereocenters. The lowest BCUT2D eigenvalue weighted by molar-refractivity contribution is 0.0118. The van der Waals surface area contributed by atoms with Gasteiger partial charge in [-0.05, 0) is 24.6 Å². The summed E-state index contributed by atoms with van der Waals surface area (Å²) in [4.78, 5) is 11.6. The Morgan fingerprint density at radius 2 is 2.11 bits per heavy atom. The van der Waals surface area contributed by atoms with E-state index in [0.29, 0.717) is 5.75 Å². The van der Waals surface area contributed by atoms with Gasteiger partial charge in [0.15, 0.2) is 0 Å². The lowest BCUT2D eigenvalue weighted by Gasteiger charge is -2.15. The van der Waals surface area contributed by atoms with Crippen molar-refractivity contribution in [2.24, 2.45) is 5.73 Å². The number of carbonyl (C=O) groups excluding carboxylic acids is 1. The molecule has 0 saturated carbocycles. The van der Waals surface area contributed by atoms with E-state index in [1.165, 1.54) is 13.2 Å². The summed E-state index contributed by atoms with van der Waals surface area (Å²) >= 11 is 0. The van der Waals surface area contributed by atoms with E-state index in [1.807, 2.05) is 6.92 Å². The van der Waals surface area contributed by atoms with E-state index in [4.69, 9.17) is 10.5 Å². The van der Waals surface area contributed by atoms with Gasteiger partial charge in [-0.2, -0.15) is 0 Å². The molecule has 0 bridgehead atoms. The first-order valence-corrected chi connectivity index (χ1v) is 5.40. The number of hydrogen-bond donors (Lipinski definition) is 2. The monoisotopic (exact) mass is 294 g/mol. The van der Waals surface area contributed by atoms with Gasteiger partial charge in [-0.3, -0.25) is 4.79 Å². The second-order valence-corrected chi connectivity index (χ2v) is 3.93. The molecule has 108 valence electrons. The van der Waals surface area contributed by atoms with Crippen LogP contribution in [0.25, 0.3) is 0 Å². The second-order valence-electron chi connectivity index (χ2n) is 3.93. The maximum absolute atomic E-state index is 12.9. The van der Waals surface area contributed by atoms with E-state index in [-0.39, 0.29) is 18.0 Å². The Kier molecular flexibility index (Phi) is 6.72. The molecule has 0 spiro atoms. The summed E-state index contributed by atoms with van der Waals surface area (Å²) in [5.41, 5.74) is 6.01. The van der Waals surface area contributed by atoms with Gasteiger partial charge >= 0.3 is 0 Å². The molecule has 0 atom stereocenters. The molecule has 0 heterocycles. The molecular formula is C12H17ClF2N2O2. The lowest BCUT2D eigenvalue weighted by atomic mass is 10.1. The summed E-state index contributed by atoms with van der Waals surface area (Å²) in [7, 11) is 1.48. The summed E-state index contributed by atoms with van der Waals surface area (Å²) < 4.78 is 30.8. The fourth-order valence-corrected chi connectivity index (χ4v) is 1.35. The molecule has 0 aliphatic carbocycles. The first kappa shape index (κ1) is 17.6. The van der Waals surface area contributed by atoms with Crippen molar-refractivity contribution in [3.63, 3.8) is 0 Å². The quantitative estimate of drug-likeness (QED) is 0.869. The third-order valence-electron chi connectivity index (χ3n) is 2.48. The third-order valence-corrected chi connectivity index (χ3v) is 2.48. The topological polar surface area (TPSA) is 64.3 Å². The van der Waals surface area contributed by atoms with Gasteiger partial charge in [0, 0.05) is 5.56 Å². The number of nitrogens with two attached hydrogens (primary N) is 1. The minimum absolute atomic E-state index is 0. The highest BCUT2D eigenvalue weighted by atomic mass is 35.5. The number of hydrogen-bond acceptors (Lipinski definition) is 3. The molecule has 0 aliphatic heterocycles. The van der Waals surface area contributed by atoms with Crippen molar-refractivity contribution < 1.29 is 18.3 Å². The summed E-state index contributed by atoms with van der Waals surface area (Å²) in [5, 5.41) is 2.14. The van der Waals surface area contributed by atoms with Gasteiger partial charge < -0.3 is 15.8 Å². The van der Waals surface area contributed by atoms with Crippen LogP contribution in [0.1, 0.15) is 15.9 Å². The van der Waals surface area contributed by atoms with Crippen LogP contribution in [0.4, 0.5) is 8.78 Å². The van der Waals surface area contributed by atoms with Crippen LogP contribution < -0.4 is 15.8 Å². The molecule has 0 aliphatic rings. The Bertz CT molecular complexity index is 442. The fraction of sp³-hybridized carbons (Fsp3) is 0.417. The van der Waals surface area contributed by atoms with Crippen molar-refractivity contribution >= 4 is 18.3 Å². The Morgan fingerprint density at radius 1 is 1.47 bits per heavy atom. The molecule has 1 amide bonds. The summed E-state index contributed by atoms with van der Waals surface area (Å²) in [6.07, 6.45) is 0. The van der Waals surface area contributed by atoms with Gasteiger partial charge in [-0.15, -0.1) is 12.4 Å². The molecule has 3 N–H and O–H groups in total. The van der Waals surface area contributed by atoms with E-state index >= 15 is 0 Å². The van der Waals surface area contributed by atoms with Crippen LogP contribution in [0.15, 0.2) is 18.2 Å². The fourth-order valence-electron chi connectivity index (χ4n) is 1.35. The average Bonchev–Trinajstić information content (AvgIpc) is 2.36. The first-order chi connectivity index (χ1) is 8.39. The van der Waals surface area contributed by atoms with Crippen molar-refractivity contribution in [2.75, 3.05) is 20.2 Å². The highest BCUT2D eigenvalue weighted by molar-refractivity contribution is 5.94. The second kappa shape index (κ2) is 7.25. The standard InChI is InChI=1S/C12H16F2N2O2.ClH/c1-8-3-4-9(5-10(8)18-2)11(17)16-7-12(13,14)6-15;/h3-5H,6-7,15H2,1-2H3,(H,16,17);1H. The molecule has 0 fully saturated rings. The number of alkyl halides is 2. The highest BCUT2D eigenvalue weighted by Gasteiger charge is 2.27. The minimum Gasteiger partial charge on any atom is -0.496 e. The van der Waals surface area contributed by atoms with E-state index in [2.05, 4.69) is 5.32 Å². The number of methoxy groups -OCH3 is 1. The number of ether oxygens (including phenoxy) is 1. The number of aryl methyl sites for hydroxylation is 1. The normalized spacial score (nSPS) is 10.6. The summed E-state index contributed by atoms with van der Waals surface area (Å²) in [6.45, 7) is 0.242. The predicted molar refractivity (Wildman–Crippen MR) is 71.3 cm³/mol. The van der Waals surface area contributed by atoms with Crippen molar-refractivity contribution in [1.29, 1.82) is 0 Å². The lowest BCUT2D eigenvalue weighted by Crippen LogP contribution is -2.41. The van der Waals surface area contributed by atoms with Crippen LogP contribution in [0.3, 0.4) is 0 Å². The Balaban J connectivity index is 0.00000324. The maximum Gasteiger partial charge on any atom is 0.277 e. The van der Waals surface area contributed by atoms with Gasteiger partial charge in [0.25, 0.3) is 11.8 Å². The van der Waals surface area contributed by atoms with Gasteiger partial charge in [-0.1, -0.05) is 6.07 Å². The van der Waals surface area contributed by atoms with Crippen LogP contribution >= 0.6 is 12.4 Å². The largest absolute Gasteiger partial charge is 0.496 e. The van der Waals surface area contributed by atoms with Gasteiger partial charge in [-0.25, -0.2) is 8.78 Å². The van der Waals surface area contributed by atoms with Crippen LogP contribution in [-0.2, 0) is 0 Å². The van der Waals surface area contributed by atoms with Crippen LogP contribution in [0.5, 0.6) is 5.75 Å². The molecule has 1 aromatic rings. The zero-order valence-corrected chi connectivity index (χ0v) is 11.5. The molecule has 0 saturated heterocycles. The average molecular weight is 295 g/mol. The van der Waals surface area contributed by atoms with E-state index in [0.717, 1.165) is 5.56 Å². The SMILES string of the molecule is COc1cc(C(=O)NCC(F)(F)CN)ccc1C.Cl. The Hall–Kier alpha value is -1.40. The first-order valence-electron chi connectivity index (χ1n) is 5.40. The number of amides is 1. The Morgan fingerprint density at radius 3 is 2.63 bits per heavy atom. The number of carbonyl (C=O) groups is 1. The van der Waals surface area contributed by atoms with Crippen molar-refractivity contribution in [1.82, 2.24) is 5.32 Å². The zero-order chi connectivity index (χ0) is 13.8. The molecule has 1 aromatic carbocycles. The highest BCUT2D eigenvalue weighted by Crippen LogP contribution is 2.19. The molecule has 1 rings (SSSR count). The predicted octanol–water partition coefficient (Wildman–Crippen LogP) is 1.75. The van der Waals surface area contributed by atoms with E-state index in [9.17, 15) is 13.6 Å². The maximum atomic E-state index is 12.9. The molecule has 7 heteroatoms. The summed E-state index contributed by atoms with van der Waals surface area (Å²) in [6, 6.07) is 4.74. The smallest absolute Gasteiger partial charge is 0.277 e. The molecule has 19 heavy (non-hydrogen) atoms. The number of rotatable bonds is 5. The number of benzene rings is 1. The van der Waals surface area contributed by atoms with E-state index in [1.54, 1.807) is 12.1 Å². The van der Waals surface area contributed by atoms with Crippen LogP contribution in [0.2, 0.25) is 0 Å². The molecule has 0 radical (unpaired) electrons. The zero-order valence-electron chi connectivity index (χ0n) is 10.7. The number of nitrogens with one attached hydrogen (secondary N) is 1. The van der Waals surface area contributed by atoms with E-state index < -0.39 is 24.9 Å². The Labute approximate surface area is 116 Å². The molecule has 0 aromatic heterocycles. The van der Waals surface area contributed by atoms with Crippen LogP contribution in [0, 0.1) is 6.92 Å². The van der Waals surface area contributed by atoms with Crippen LogP contribution in [-0.4, -0.2) is 32.0 Å². The minimum atomic E-state index is -3.09. The number of halogens is 3. The van der Waals surface area contributed by atoms with Crippen molar-refractivity contribution in [3.05, 3.63) is 29.3 Å². The molecule has 4 nitrogen and oxygen atoms in total. The summed E-state index contributed by atoms with van der Waals surface area (Å²) in [5.74, 6) is -3.14. The van der Waals surface area contributed by atoms with Gasteiger partial charge in [0.1, 0.15) is 5.75 Å². The van der Waals surface area contributed by atoms with Crippen molar-refractivity contribution in [2.45, 2.75) is 12.8 Å².